The predicted octanol–water partition coefficient (Wildman–Crippen LogP) is 4.81. The number of hydrogen-bond acceptors (Lipinski definition) is 2. The summed E-state index contributed by atoms with van der Waals surface area (Å²) in [6, 6.07) is 28.6. The van der Waals surface area contributed by atoms with Crippen LogP contribution in [-0.2, 0) is 0 Å². The topological polar surface area (TPSA) is 41.6 Å². The van der Waals surface area contributed by atoms with E-state index in [1.165, 1.54) is 5.56 Å². The molecule has 0 atom stereocenters. The Labute approximate surface area is 134 Å². The Balaban J connectivity index is 1.71. The molecule has 0 amide bonds. The van der Waals surface area contributed by atoms with Gasteiger partial charge in [0, 0.05) is 11.1 Å². The minimum absolute atomic E-state index is 0.710. The van der Waals surface area contributed by atoms with E-state index in [-0.39, 0.29) is 0 Å². The first-order valence-corrected chi connectivity index (χ1v) is 7.54. The zero-order valence-corrected chi connectivity index (χ0v) is 12.5. The standard InChI is InChI=1S/C20H15N3/c1-3-8-15(9-4-1)17-12-7-13-18(14-17)20-21-19(22-23-20)16-10-5-2-6-11-16/h1-14H,(H,21,22,23). The molecule has 1 aromatic heterocycles. The van der Waals surface area contributed by atoms with Gasteiger partial charge < -0.3 is 0 Å². The van der Waals surface area contributed by atoms with Crippen molar-refractivity contribution >= 4 is 0 Å². The smallest absolute Gasteiger partial charge is 0.181 e. The van der Waals surface area contributed by atoms with Gasteiger partial charge in [-0.1, -0.05) is 78.9 Å². The Morgan fingerprint density at radius 2 is 1.17 bits per heavy atom. The zero-order valence-electron chi connectivity index (χ0n) is 12.5. The fourth-order valence-corrected chi connectivity index (χ4v) is 2.58. The van der Waals surface area contributed by atoms with Crippen molar-refractivity contribution in [1.82, 2.24) is 15.2 Å². The van der Waals surface area contributed by atoms with E-state index in [1.54, 1.807) is 0 Å². The molecule has 110 valence electrons. The molecule has 1 N–H and O–H groups in total. The Kier molecular flexibility index (Phi) is 3.45. The van der Waals surface area contributed by atoms with Crippen LogP contribution in [0.2, 0.25) is 0 Å². The van der Waals surface area contributed by atoms with Gasteiger partial charge in [0.2, 0.25) is 0 Å². The Morgan fingerprint density at radius 1 is 0.565 bits per heavy atom. The highest BCUT2D eigenvalue weighted by molar-refractivity contribution is 5.70. The van der Waals surface area contributed by atoms with Crippen molar-refractivity contribution in [2.75, 3.05) is 0 Å². The molecule has 4 rings (SSSR count). The summed E-state index contributed by atoms with van der Waals surface area (Å²) in [5.74, 6) is 1.49. The van der Waals surface area contributed by atoms with Crippen LogP contribution in [-0.4, -0.2) is 15.2 Å². The summed E-state index contributed by atoms with van der Waals surface area (Å²) in [5.41, 5.74) is 4.39. The number of benzene rings is 3. The van der Waals surface area contributed by atoms with Gasteiger partial charge >= 0.3 is 0 Å². The minimum atomic E-state index is 0.710. The second kappa shape index (κ2) is 5.89. The van der Waals surface area contributed by atoms with Gasteiger partial charge in [0.05, 0.1) is 0 Å². The fourth-order valence-electron chi connectivity index (χ4n) is 2.58. The van der Waals surface area contributed by atoms with Gasteiger partial charge in [-0.3, -0.25) is 5.10 Å². The molecule has 3 heteroatoms. The number of nitrogens with one attached hydrogen (secondary N) is 1. The normalized spacial score (nSPS) is 10.6. The van der Waals surface area contributed by atoms with Gasteiger partial charge in [-0.2, -0.15) is 5.10 Å². The molecule has 0 radical (unpaired) electrons. The first kappa shape index (κ1) is 13.5. The molecule has 0 aliphatic carbocycles. The Morgan fingerprint density at radius 3 is 1.91 bits per heavy atom. The third-order valence-electron chi connectivity index (χ3n) is 3.76. The van der Waals surface area contributed by atoms with Crippen LogP contribution < -0.4 is 0 Å². The molecular formula is C20H15N3. The number of hydrogen-bond donors (Lipinski definition) is 1. The molecule has 1 heterocycles. The van der Waals surface area contributed by atoms with Crippen molar-refractivity contribution in [2.45, 2.75) is 0 Å². The molecule has 23 heavy (non-hydrogen) atoms. The summed E-state index contributed by atoms with van der Waals surface area (Å²) in [7, 11) is 0. The van der Waals surface area contributed by atoms with Crippen molar-refractivity contribution < 1.29 is 0 Å². The number of H-pyrrole nitrogens is 1. The highest BCUT2D eigenvalue weighted by atomic mass is 15.2. The van der Waals surface area contributed by atoms with Crippen molar-refractivity contribution in [1.29, 1.82) is 0 Å². The summed E-state index contributed by atoms with van der Waals surface area (Å²) >= 11 is 0. The molecule has 0 saturated heterocycles. The van der Waals surface area contributed by atoms with Crippen LogP contribution in [0.5, 0.6) is 0 Å². The van der Waals surface area contributed by atoms with E-state index in [0.717, 1.165) is 22.5 Å². The van der Waals surface area contributed by atoms with Crippen LogP contribution in [0.3, 0.4) is 0 Å². The monoisotopic (exact) mass is 297 g/mol. The van der Waals surface area contributed by atoms with Gasteiger partial charge in [0.25, 0.3) is 0 Å². The molecule has 0 saturated carbocycles. The maximum absolute atomic E-state index is 4.62. The SMILES string of the molecule is c1ccc(-c2cccc(-c3n[nH]c(-c4ccccc4)n3)c2)cc1. The van der Waals surface area contributed by atoms with Gasteiger partial charge in [-0.15, -0.1) is 0 Å². The van der Waals surface area contributed by atoms with Gasteiger partial charge in [-0.05, 0) is 17.2 Å². The zero-order chi connectivity index (χ0) is 15.5. The van der Waals surface area contributed by atoms with Crippen LogP contribution in [0, 0.1) is 0 Å². The van der Waals surface area contributed by atoms with Crippen LogP contribution >= 0.6 is 0 Å². The fraction of sp³-hybridized carbons (Fsp3) is 0. The Bertz CT molecular complexity index is 912. The number of aromatic nitrogens is 3. The van der Waals surface area contributed by atoms with E-state index >= 15 is 0 Å². The summed E-state index contributed by atoms with van der Waals surface area (Å²) in [6.07, 6.45) is 0. The van der Waals surface area contributed by atoms with E-state index in [4.69, 9.17) is 0 Å². The third kappa shape index (κ3) is 2.77. The van der Waals surface area contributed by atoms with Crippen molar-refractivity contribution in [3.05, 3.63) is 84.9 Å². The van der Waals surface area contributed by atoms with Crippen molar-refractivity contribution in [3.63, 3.8) is 0 Å². The first-order valence-electron chi connectivity index (χ1n) is 7.54. The average Bonchev–Trinajstić information content (AvgIpc) is 3.14. The molecule has 0 aliphatic rings. The second-order valence-electron chi connectivity index (χ2n) is 5.32. The lowest BCUT2D eigenvalue weighted by molar-refractivity contribution is 1.10. The molecule has 0 bridgehead atoms. The van der Waals surface area contributed by atoms with E-state index < -0.39 is 0 Å². The van der Waals surface area contributed by atoms with Crippen LogP contribution in [0.1, 0.15) is 0 Å². The number of aromatic amines is 1. The van der Waals surface area contributed by atoms with E-state index in [9.17, 15) is 0 Å². The molecule has 0 aliphatic heterocycles. The molecule has 3 aromatic carbocycles. The maximum atomic E-state index is 4.62. The van der Waals surface area contributed by atoms with Gasteiger partial charge in [0.1, 0.15) is 0 Å². The highest BCUT2D eigenvalue weighted by Crippen LogP contribution is 2.25. The number of nitrogens with zero attached hydrogens (tertiary/aromatic N) is 2. The lowest BCUT2D eigenvalue weighted by Gasteiger charge is -2.03. The third-order valence-corrected chi connectivity index (χ3v) is 3.76. The van der Waals surface area contributed by atoms with E-state index in [0.29, 0.717) is 5.82 Å². The molecular weight excluding hydrogens is 282 g/mol. The maximum Gasteiger partial charge on any atom is 0.181 e. The highest BCUT2D eigenvalue weighted by Gasteiger charge is 2.08. The summed E-state index contributed by atoms with van der Waals surface area (Å²) < 4.78 is 0. The lowest BCUT2D eigenvalue weighted by Crippen LogP contribution is -1.83. The van der Waals surface area contributed by atoms with Crippen LogP contribution in [0.25, 0.3) is 33.9 Å². The number of rotatable bonds is 3. The summed E-state index contributed by atoms with van der Waals surface area (Å²) in [4.78, 5) is 4.62. The largest absolute Gasteiger partial charge is 0.259 e. The molecule has 3 nitrogen and oxygen atoms in total. The van der Waals surface area contributed by atoms with E-state index in [2.05, 4.69) is 39.4 Å². The first-order chi connectivity index (χ1) is 11.4. The lowest BCUT2D eigenvalue weighted by atomic mass is 10.0. The second-order valence-corrected chi connectivity index (χ2v) is 5.32. The Hall–Kier alpha value is -3.20. The summed E-state index contributed by atoms with van der Waals surface area (Å²) in [5, 5.41) is 7.38. The van der Waals surface area contributed by atoms with Crippen LogP contribution in [0.4, 0.5) is 0 Å². The van der Waals surface area contributed by atoms with Crippen molar-refractivity contribution in [2.24, 2.45) is 0 Å². The molecule has 0 unspecified atom stereocenters. The van der Waals surface area contributed by atoms with Crippen LogP contribution in [0.15, 0.2) is 84.9 Å². The molecule has 4 aromatic rings. The quantitative estimate of drug-likeness (QED) is 0.590. The molecule has 0 spiro atoms. The molecule has 0 fully saturated rings. The predicted molar refractivity (Wildman–Crippen MR) is 92.7 cm³/mol. The van der Waals surface area contributed by atoms with Gasteiger partial charge in [0.15, 0.2) is 11.6 Å². The van der Waals surface area contributed by atoms with E-state index in [1.807, 2.05) is 60.7 Å². The minimum Gasteiger partial charge on any atom is -0.259 e. The van der Waals surface area contributed by atoms with Crippen molar-refractivity contribution in [3.8, 4) is 33.9 Å². The summed E-state index contributed by atoms with van der Waals surface area (Å²) in [6.45, 7) is 0. The average molecular weight is 297 g/mol. The van der Waals surface area contributed by atoms with Gasteiger partial charge in [-0.25, -0.2) is 4.98 Å².